The van der Waals surface area contributed by atoms with E-state index in [2.05, 4.69) is 4.98 Å². The number of amides is 1. The van der Waals surface area contributed by atoms with E-state index < -0.39 is 106 Å². The molecule has 1 amide bonds. The molecule has 1 aromatic heterocycles. The number of aromatic nitrogens is 1. The Hall–Kier alpha value is -4.56. The number of rotatable bonds is 8. The van der Waals surface area contributed by atoms with Crippen LogP contribution in [0.15, 0.2) is 30.5 Å². The Bertz CT molecular complexity index is 1730. The third kappa shape index (κ3) is 4.95. The molecule has 0 radical (unpaired) electrons. The molecule has 0 aliphatic heterocycles. The topological polar surface area (TPSA) is 73.4 Å². The van der Waals surface area contributed by atoms with Crippen LogP contribution in [0.3, 0.4) is 0 Å². The van der Waals surface area contributed by atoms with Crippen molar-refractivity contribution in [3.63, 3.8) is 0 Å². The molecule has 0 bridgehead atoms. The van der Waals surface area contributed by atoms with Crippen molar-refractivity contribution in [3.05, 3.63) is 105 Å². The number of H-pyrrole nitrogens is 1. The van der Waals surface area contributed by atoms with Crippen LogP contribution in [-0.2, 0) is 22.6 Å². The van der Waals surface area contributed by atoms with Gasteiger partial charge in [0.05, 0.1) is 6.54 Å². The zero-order valence-corrected chi connectivity index (χ0v) is 21.9. The Labute approximate surface area is 235 Å². The minimum absolute atomic E-state index is 0.156. The number of nitrogens with zero attached hydrogens (tertiary/aromatic N) is 1. The summed E-state index contributed by atoms with van der Waals surface area (Å²) in [6.45, 7) is -0.154. The van der Waals surface area contributed by atoms with Crippen molar-refractivity contribution < 1.29 is 58.6 Å². The summed E-state index contributed by atoms with van der Waals surface area (Å²) >= 11 is 0. The molecular weight excluding hydrogens is 602 g/mol. The monoisotopic (exact) mass is 620 g/mol. The number of carbonyl (C=O) groups is 2. The lowest BCUT2D eigenvalue weighted by Crippen LogP contribution is -2.58. The molecule has 43 heavy (non-hydrogen) atoms. The SMILES string of the molecule is CC(=O)N(Cc1c(F)c(F)c(F)c(F)c1F)[C@@](C)(C(=O)O)C(Cc1c(F)c(F)c(F)c(F)c1F)c1c[nH]c2ccccc12. The molecule has 0 spiro atoms. The molecule has 0 aliphatic rings. The maximum absolute atomic E-state index is 14.9. The minimum Gasteiger partial charge on any atom is -0.479 e. The third-order valence-corrected chi connectivity index (χ3v) is 7.37. The average Bonchev–Trinajstić information content (AvgIpc) is 3.40. The van der Waals surface area contributed by atoms with Crippen LogP contribution in [0.2, 0.25) is 0 Å². The van der Waals surface area contributed by atoms with E-state index in [4.69, 9.17) is 0 Å². The van der Waals surface area contributed by atoms with Gasteiger partial charge in [0.2, 0.25) is 17.5 Å². The predicted molar refractivity (Wildman–Crippen MR) is 129 cm³/mol. The van der Waals surface area contributed by atoms with Crippen molar-refractivity contribution in [2.75, 3.05) is 0 Å². The van der Waals surface area contributed by atoms with Crippen molar-refractivity contribution in [2.45, 2.75) is 38.3 Å². The first kappa shape index (κ1) is 31.4. The molecule has 2 N–H and O–H groups in total. The van der Waals surface area contributed by atoms with Crippen molar-refractivity contribution >= 4 is 22.8 Å². The highest BCUT2D eigenvalue weighted by atomic mass is 19.2. The van der Waals surface area contributed by atoms with E-state index in [1.807, 2.05) is 0 Å². The average molecular weight is 620 g/mol. The van der Waals surface area contributed by atoms with Crippen LogP contribution in [-0.4, -0.2) is 32.4 Å². The molecule has 4 rings (SSSR count). The number of hydrogen-bond donors (Lipinski definition) is 2. The number of benzene rings is 3. The summed E-state index contributed by atoms with van der Waals surface area (Å²) in [5.41, 5.74) is -5.86. The van der Waals surface area contributed by atoms with Gasteiger partial charge in [-0.05, 0) is 25.0 Å². The van der Waals surface area contributed by atoms with E-state index in [0.717, 1.165) is 13.1 Å². The van der Waals surface area contributed by atoms with E-state index in [1.165, 1.54) is 24.3 Å². The van der Waals surface area contributed by atoms with Crippen molar-refractivity contribution in [2.24, 2.45) is 0 Å². The van der Waals surface area contributed by atoms with Gasteiger partial charge in [-0.1, -0.05) is 18.2 Å². The smallest absolute Gasteiger partial charge is 0.330 e. The fourth-order valence-corrected chi connectivity index (χ4v) is 5.03. The second-order valence-electron chi connectivity index (χ2n) is 9.70. The number of aliphatic carboxylic acids is 1. The normalized spacial score (nSPS) is 13.7. The first-order valence-electron chi connectivity index (χ1n) is 12.1. The summed E-state index contributed by atoms with van der Waals surface area (Å²) in [6, 6.07) is 5.84. The number of carboxylic acids is 1. The quantitative estimate of drug-likeness (QED) is 0.130. The molecule has 5 nitrogen and oxygen atoms in total. The van der Waals surface area contributed by atoms with Gasteiger partial charge in [-0.25, -0.2) is 48.7 Å². The molecule has 4 aromatic rings. The van der Waals surface area contributed by atoms with Crippen LogP contribution in [0.4, 0.5) is 43.9 Å². The highest BCUT2D eigenvalue weighted by Gasteiger charge is 2.51. The van der Waals surface area contributed by atoms with Crippen LogP contribution >= 0.6 is 0 Å². The number of para-hydroxylation sites is 1. The Morgan fingerprint density at radius 2 is 1.21 bits per heavy atom. The standard InChI is InChI=1S/C28H18F10N2O3/c1-10(41)40(9-14-19(31)23(35)26(38)24(36)20(14)32)28(2,27(42)43)15(13-8-39-16-6-4-3-5-11(13)16)7-12-17(29)21(33)25(37)22(34)18(12)30/h3-6,8,15,39H,7,9H2,1-2H3,(H,42,43)/t15?,28-/m1/s1. The van der Waals surface area contributed by atoms with Crippen LogP contribution in [0, 0.1) is 58.2 Å². The zero-order valence-electron chi connectivity index (χ0n) is 21.9. The number of carboxylic acid groups (broad SMARTS) is 1. The van der Waals surface area contributed by atoms with Gasteiger partial charge in [0.15, 0.2) is 46.5 Å². The summed E-state index contributed by atoms with van der Waals surface area (Å²) in [5, 5.41) is 10.6. The number of aromatic amines is 1. The van der Waals surface area contributed by atoms with Gasteiger partial charge in [-0.3, -0.25) is 4.79 Å². The molecule has 0 fully saturated rings. The number of nitrogens with one attached hydrogen (secondary N) is 1. The molecule has 0 saturated carbocycles. The van der Waals surface area contributed by atoms with Gasteiger partial charge >= 0.3 is 5.97 Å². The van der Waals surface area contributed by atoms with Crippen LogP contribution in [0.5, 0.6) is 0 Å². The van der Waals surface area contributed by atoms with Crippen LogP contribution < -0.4 is 0 Å². The van der Waals surface area contributed by atoms with Gasteiger partial charge in [0, 0.05) is 41.1 Å². The first-order valence-corrected chi connectivity index (χ1v) is 12.1. The third-order valence-electron chi connectivity index (χ3n) is 7.37. The fraction of sp³-hybridized carbons (Fsp3) is 0.214. The second-order valence-corrected chi connectivity index (χ2v) is 9.70. The number of halogens is 10. The summed E-state index contributed by atoms with van der Waals surface area (Å²) in [5.74, 6) is -29.3. The van der Waals surface area contributed by atoms with E-state index >= 15 is 0 Å². The molecule has 0 saturated heterocycles. The highest BCUT2D eigenvalue weighted by Crippen LogP contribution is 2.42. The Kier molecular flexibility index (Phi) is 8.22. The molecule has 15 heteroatoms. The molecule has 3 aromatic carbocycles. The van der Waals surface area contributed by atoms with E-state index in [9.17, 15) is 58.6 Å². The molecule has 1 unspecified atom stereocenters. The lowest BCUT2D eigenvalue weighted by molar-refractivity contribution is -0.160. The summed E-state index contributed by atoms with van der Waals surface area (Å²) < 4.78 is 143. The lowest BCUT2D eigenvalue weighted by atomic mass is 9.75. The predicted octanol–water partition coefficient (Wildman–Crippen LogP) is 6.78. The summed E-state index contributed by atoms with van der Waals surface area (Å²) in [7, 11) is 0. The van der Waals surface area contributed by atoms with Crippen LogP contribution in [0.25, 0.3) is 10.9 Å². The molecule has 1 heterocycles. The van der Waals surface area contributed by atoms with E-state index in [-0.39, 0.29) is 15.8 Å². The second kappa shape index (κ2) is 11.3. The van der Waals surface area contributed by atoms with Gasteiger partial charge in [-0.2, -0.15) is 0 Å². The minimum atomic E-state index is -2.89. The van der Waals surface area contributed by atoms with E-state index in [1.54, 1.807) is 0 Å². The zero-order chi connectivity index (χ0) is 32.1. The maximum atomic E-state index is 14.9. The van der Waals surface area contributed by atoms with Crippen molar-refractivity contribution in [1.82, 2.24) is 9.88 Å². The van der Waals surface area contributed by atoms with Gasteiger partial charge in [0.1, 0.15) is 5.54 Å². The molecule has 2 atom stereocenters. The highest BCUT2D eigenvalue weighted by molar-refractivity contribution is 5.90. The Balaban J connectivity index is 2.03. The molecule has 0 aliphatic carbocycles. The Morgan fingerprint density at radius 1 is 0.767 bits per heavy atom. The van der Waals surface area contributed by atoms with Crippen LogP contribution in [0.1, 0.15) is 36.5 Å². The molecular formula is C28H18F10N2O3. The summed E-state index contributed by atoms with van der Waals surface area (Å²) in [4.78, 5) is 28.7. The largest absolute Gasteiger partial charge is 0.479 e. The van der Waals surface area contributed by atoms with Crippen molar-refractivity contribution in [1.29, 1.82) is 0 Å². The number of carbonyl (C=O) groups excluding carboxylic acids is 1. The number of hydrogen-bond acceptors (Lipinski definition) is 2. The van der Waals surface area contributed by atoms with Crippen molar-refractivity contribution in [3.8, 4) is 0 Å². The maximum Gasteiger partial charge on any atom is 0.330 e. The van der Waals surface area contributed by atoms with Gasteiger partial charge in [0.25, 0.3) is 0 Å². The fourth-order valence-electron chi connectivity index (χ4n) is 5.03. The first-order chi connectivity index (χ1) is 20.0. The number of fused-ring (bicyclic) bond motifs is 1. The Morgan fingerprint density at radius 3 is 1.67 bits per heavy atom. The summed E-state index contributed by atoms with van der Waals surface area (Å²) in [6.07, 6.45) is -0.184. The van der Waals surface area contributed by atoms with Gasteiger partial charge in [-0.15, -0.1) is 0 Å². The van der Waals surface area contributed by atoms with Gasteiger partial charge < -0.3 is 15.0 Å². The van der Waals surface area contributed by atoms with E-state index in [0.29, 0.717) is 12.4 Å². The molecule has 228 valence electrons. The lowest BCUT2D eigenvalue weighted by Gasteiger charge is -2.43.